The van der Waals surface area contributed by atoms with Crippen LogP contribution in [0, 0.1) is 0 Å². The van der Waals surface area contributed by atoms with Gasteiger partial charge in [-0.05, 0) is 6.42 Å². The fourth-order valence-electron chi connectivity index (χ4n) is 0.819. The smallest absolute Gasteiger partial charge is 0.0924 e. The van der Waals surface area contributed by atoms with Gasteiger partial charge < -0.3 is 9.47 Å². The van der Waals surface area contributed by atoms with Crippen molar-refractivity contribution in [1.29, 1.82) is 0 Å². The molecule has 1 aliphatic rings. The van der Waals surface area contributed by atoms with Crippen molar-refractivity contribution in [3.05, 3.63) is 0 Å². The van der Waals surface area contributed by atoms with Crippen molar-refractivity contribution in [3.63, 3.8) is 0 Å². The maximum Gasteiger partial charge on any atom is 0.0924 e. The second kappa shape index (κ2) is 4.85. The first-order chi connectivity index (χ1) is 5.33. The van der Waals surface area contributed by atoms with Crippen LogP contribution in [0.25, 0.3) is 0 Å². The Morgan fingerprint density at radius 3 is 3.00 bits per heavy atom. The highest BCUT2D eigenvalue weighted by Crippen LogP contribution is 2.10. The van der Waals surface area contributed by atoms with Gasteiger partial charge in [0.05, 0.1) is 18.5 Å². The van der Waals surface area contributed by atoms with E-state index in [1.807, 2.05) is 0 Å². The fraction of sp³-hybridized carbons (Fsp3) is 1.00. The van der Waals surface area contributed by atoms with Crippen LogP contribution in [0.5, 0.6) is 0 Å². The first kappa shape index (κ1) is 9.16. The van der Waals surface area contributed by atoms with Gasteiger partial charge in [-0.15, -0.1) is 0 Å². The molecule has 0 saturated carbocycles. The van der Waals surface area contributed by atoms with Crippen LogP contribution < -0.4 is 0 Å². The first-order valence-electron chi connectivity index (χ1n) is 3.78. The van der Waals surface area contributed by atoms with Gasteiger partial charge in [-0.25, -0.2) is 0 Å². The van der Waals surface area contributed by atoms with Crippen LogP contribution in [-0.2, 0) is 20.3 Å². The fourth-order valence-corrected chi connectivity index (χ4v) is 2.03. The zero-order valence-electron chi connectivity index (χ0n) is 6.75. The van der Waals surface area contributed by atoms with Crippen molar-refractivity contribution in [2.75, 3.05) is 31.8 Å². The van der Waals surface area contributed by atoms with Crippen LogP contribution in [0.1, 0.15) is 6.42 Å². The van der Waals surface area contributed by atoms with Crippen LogP contribution >= 0.6 is 0 Å². The summed E-state index contributed by atoms with van der Waals surface area (Å²) in [5.41, 5.74) is 0. The Hall–Kier alpha value is 0.0700. The second-order valence-electron chi connectivity index (χ2n) is 2.61. The summed E-state index contributed by atoms with van der Waals surface area (Å²) in [5, 5.41) is 0. The van der Waals surface area contributed by atoms with Crippen LogP contribution in [0.4, 0.5) is 0 Å². The van der Waals surface area contributed by atoms with Crippen LogP contribution in [-0.4, -0.2) is 42.1 Å². The van der Waals surface area contributed by atoms with Gasteiger partial charge in [0.15, 0.2) is 0 Å². The maximum absolute atomic E-state index is 11.1. The molecule has 66 valence electrons. The molecular weight excluding hydrogens is 164 g/mol. The van der Waals surface area contributed by atoms with Crippen molar-refractivity contribution in [3.8, 4) is 0 Å². The lowest BCUT2D eigenvalue weighted by Crippen LogP contribution is -2.09. The minimum Gasteiger partial charge on any atom is -0.385 e. The van der Waals surface area contributed by atoms with E-state index in [1.54, 1.807) is 7.11 Å². The van der Waals surface area contributed by atoms with Gasteiger partial charge in [0.2, 0.25) is 0 Å². The summed E-state index contributed by atoms with van der Waals surface area (Å²) in [4.78, 5) is 0. The predicted molar refractivity (Wildman–Crippen MR) is 44.1 cm³/mol. The molecule has 0 aromatic heterocycles. The monoisotopic (exact) mass is 178 g/mol. The standard InChI is InChI=1S/C7H14O3S/c1-9-3-2-4-11(8)6-7-5-10-7/h7H,2-6H2,1H3. The second-order valence-corrected chi connectivity index (χ2v) is 4.23. The third kappa shape index (κ3) is 4.50. The van der Waals surface area contributed by atoms with E-state index in [9.17, 15) is 4.21 Å². The van der Waals surface area contributed by atoms with Crippen molar-refractivity contribution in [2.45, 2.75) is 12.5 Å². The molecule has 2 unspecified atom stereocenters. The highest BCUT2D eigenvalue weighted by Gasteiger charge is 2.24. The summed E-state index contributed by atoms with van der Waals surface area (Å²) in [6.45, 7) is 1.51. The molecule has 0 N–H and O–H groups in total. The Morgan fingerprint density at radius 1 is 1.73 bits per heavy atom. The summed E-state index contributed by atoms with van der Waals surface area (Å²) in [6.07, 6.45) is 1.17. The van der Waals surface area contributed by atoms with E-state index in [2.05, 4.69) is 0 Å². The summed E-state index contributed by atoms with van der Waals surface area (Å²) in [6, 6.07) is 0. The van der Waals surface area contributed by atoms with E-state index >= 15 is 0 Å². The molecular formula is C7H14O3S. The number of hydrogen-bond acceptors (Lipinski definition) is 3. The zero-order chi connectivity index (χ0) is 8.10. The molecule has 1 saturated heterocycles. The van der Waals surface area contributed by atoms with Crippen LogP contribution in [0.2, 0.25) is 0 Å². The largest absolute Gasteiger partial charge is 0.385 e. The summed E-state index contributed by atoms with van der Waals surface area (Å²) >= 11 is 0. The number of epoxide rings is 1. The van der Waals surface area contributed by atoms with Crippen molar-refractivity contribution in [1.82, 2.24) is 0 Å². The van der Waals surface area contributed by atoms with E-state index in [1.165, 1.54) is 0 Å². The van der Waals surface area contributed by atoms with Gasteiger partial charge >= 0.3 is 0 Å². The Kier molecular flexibility index (Phi) is 4.04. The lowest BCUT2D eigenvalue weighted by molar-refractivity contribution is 0.200. The molecule has 0 aromatic rings. The summed E-state index contributed by atoms with van der Waals surface area (Å²) in [7, 11) is 0.966. The van der Waals surface area contributed by atoms with Gasteiger partial charge in [-0.1, -0.05) is 0 Å². The highest BCUT2D eigenvalue weighted by atomic mass is 32.2. The van der Waals surface area contributed by atoms with Crippen LogP contribution in [0.3, 0.4) is 0 Å². The third-order valence-electron chi connectivity index (χ3n) is 1.49. The summed E-state index contributed by atoms with van der Waals surface area (Å²) < 4.78 is 21.0. The molecule has 0 bridgehead atoms. The molecule has 0 spiro atoms. The molecule has 1 heterocycles. The highest BCUT2D eigenvalue weighted by molar-refractivity contribution is 7.85. The Bertz CT molecular complexity index is 134. The SMILES string of the molecule is COCCCS(=O)CC1CO1. The van der Waals surface area contributed by atoms with Gasteiger partial charge in [0.25, 0.3) is 0 Å². The van der Waals surface area contributed by atoms with E-state index in [-0.39, 0.29) is 0 Å². The third-order valence-corrected chi connectivity index (χ3v) is 2.98. The average molecular weight is 178 g/mol. The summed E-state index contributed by atoms with van der Waals surface area (Å²) in [5.74, 6) is 1.46. The van der Waals surface area contributed by atoms with Gasteiger partial charge in [0, 0.05) is 30.3 Å². The van der Waals surface area contributed by atoms with Crippen molar-refractivity contribution >= 4 is 10.8 Å². The number of methoxy groups -OCH3 is 1. The predicted octanol–water partition coefficient (Wildman–Crippen LogP) is 0.170. The lowest BCUT2D eigenvalue weighted by Gasteiger charge is -1.98. The number of rotatable bonds is 6. The van der Waals surface area contributed by atoms with E-state index in [0.717, 1.165) is 18.8 Å². The van der Waals surface area contributed by atoms with Crippen molar-refractivity contribution < 1.29 is 13.7 Å². The minimum atomic E-state index is -0.694. The molecule has 0 radical (unpaired) electrons. The van der Waals surface area contributed by atoms with Gasteiger partial charge in [-0.2, -0.15) is 0 Å². The van der Waals surface area contributed by atoms with Crippen molar-refractivity contribution in [2.24, 2.45) is 0 Å². The topological polar surface area (TPSA) is 38.8 Å². The Labute approximate surface area is 69.5 Å². The molecule has 1 aliphatic heterocycles. The lowest BCUT2D eigenvalue weighted by atomic mass is 10.5. The van der Waals surface area contributed by atoms with E-state index in [0.29, 0.717) is 18.5 Å². The minimum absolute atomic E-state index is 0.290. The Morgan fingerprint density at radius 2 is 2.45 bits per heavy atom. The molecule has 3 nitrogen and oxygen atoms in total. The van der Waals surface area contributed by atoms with Gasteiger partial charge in [-0.3, -0.25) is 4.21 Å². The average Bonchev–Trinajstić information content (AvgIpc) is 2.72. The molecule has 0 aliphatic carbocycles. The molecule has 1 rings (SSSR count). The number of hydrogen-bond donors (Lipinski definition) is 0. The quantitative estimate of drug-likeness (QED) is 0.430. The normalized spacial score (nSPS) is 25.0. The molecule has 4 heteroatoms. The van der Waals surface area contributed by atoms with Crippen LogP contribution in [0.15, 0.2) is 0 Å². The van der Waals surface area contributed by atoms with E-state index in [4.69, 9.17) is 9.47 Å². The number of ether oxygens (including phenoxy) is 2. The zero-order valence-corrected chi connectivity index (χ0v) is 7.56. The van der Waals surface area contributed by atoms with E-state index < -0.39 is 10.8 Å². The molecule has 2 atom stereocenters. The molecule has 0 aromatic carbocycles. The Balaban J connectivity index is 1.92. The molecule has 1 fully saturated rings. The maximum atomic E-state index is 11.1. The molecule has 11 heavy (non-hydrogen) atoms. The molecule has 0 amide bonds. The first-order valence-corrected chi connectivity index (χ1v) is 5.27. The van der Waals surface area contributed by atoms with Gasteiger partial charge in [0.1, 0.15) is 0 Å².